The Morgan fingerprint density at radius 2 is 1.44 bits per heavy atom. The zero-order valence-corrected chi connectivity index (χ0v) is 12.2. The van der Waals surface area contributed by atoms with E-state index < -0.39 is 0 Å². The molecule has 4 rings (SSSR count). The molecule has 4 aliphatic carbocycles. The highest BCUT2D eigenvalue weighted by Crippen LogP contribution is 2.57. The molecule has 0 atom stereocenters. The smallest absolute Gasteiger partial charge is 0.136 e. The highest BCUT2D eigenvalue weighted by atomic mass is 16.1. The van der Waals surface area contributed by atoms with Crippen LogP contribution in [0.5, 0.6) is 0 Å². The Morgan fingerprint density at radius 3 is 1.89 bits per heavy atom. The minimum atomic E-state index is 0.307. The molecule has 18 heavy (non-hydrogen) atoms. The monoisotopic (exact) mass is 248 g/mol. The predicted octanol–water partition coefficient (Wildman–Crippen LogP) is 4.45. The van der Waals surface area contributed by atoms with Crippen LogP contribution in [0, 0.1) is 35.0 Å². The second kappa shape index (κ2) is 4.35. The summed E-state index contributed by atoms with van der Waals surface area (Å²) in [6.07, 6.45) is 8.87. The number of Topliss-reactive ketones (excluding diaryl/α,β-unsaturated/α-hetero) is 1. The highest BCUT2D eigenvalue weighted by molar-refractivity contribution is 5.82. The number of hydrogen-bond acceptors (Lipinski definition) is 1. The molecule has 0 aliphatic heterocycles. The normalized spacial score (nSPS) is 42.3. The number of hydrogen-bond donors (Lipinski definition) is 0. The summed E-state index contributed by atoms with van der Waals surface area (Å²) in [5.41, 5.74) is 0.307. The van der Waals surface area contributed by atoms with E-state index in [1.807, 2.05) is 0 Å². The van der Waals surface area contributed by atoms with E-state index in [1.165, 1.54) is 32.1 Å². The van der Waals surface area contributed by atoms with E-state index in [0.29, 0.717) is 17.1 Å². The van der Waals surface area contributed by atoms with Crippen molar-refractivity contribution in [3.05, 3.63) is 0 Å². The van der Waals surface area contributed by atoms with Gasteiger partial charge in [-0.3, -0.25) is 4.79 Å². The summed E-state index contributed by atoms with van der Waals surface area (Å²) in [5.74, 6) is 4.58. The predicted molar refractivity (Wildman–Crippen MR) is 74.2 cm³/mol. The average molecular weight is 248 g/mol. The molecule has 0 radical (unpaired) electrons. The summed E-state index contributed by atoms with van der Waals surface area (Å²) in [6, 6.07) is 0. The molecule has 102 valence electrons. The Kier molecular flexibility index (Phi) is 3.07. The van der Waals surface area contributed by atoms with Crippen LogP contribution in [0.1, 0.15) is 65.7 Å². The summed E-state index contributed by atoms with van der Waals surface area (Å²) < 4.78 is 0. The van der Waals surface area contributed by atoms with Crippen molar-refractivity contribution in [2.45, 2.75) is 65.7 Å². The van der Waals surface area contributed by atoms with Gasteiger partial charge in [0.25, 0.3) is 0 Å². The Balaban J connectivity index is 1.64. The Labute approximate surface area is 112 Å². The molecule has 0 aromatic rings. The molecule has 0 aromatic heterocycles. The Morgan fingerprint density at radius 1 is 0.944 bits per heavy atom. The summed E-state index contributed by atoms with van der Waals surface area (Å²) in [4.78, 5) is 12.6. The standard InChI is InChI=1S/C17H28O/c1-17(2,3)5-4-15(18)16-13-7-11-6-12(9-13)10-14(16)8-11/h11-14,16H,4-10H2,1-3H3. The second-order valence-corrected chi connectivity index (χ2v) is 8.48. The molecule has 0 heterocycles. The van der Waals surface area contributed by atoms with Crippen molar-refractivity contribution >= 4 is 5.78 Å². The largest absolute Gasteiger partial charge is 0.299 e. The Hall–Kier alpha value is -0.330. The summed E-state index contributed by atoms with van der Waals surface area (Å²) >= 11 is 0. The molecule has 0 N–H and O–H groups in total. The van der Waals surface area contributed by atoms with Crippen LogP contribution in [0.15, 0.2) is 0 Å². The lowest BCUT2D eigenvalue weighted by Crippen LogP contribution is -2.48. The van der Waals surface area contributed by atoms with E-state index in [-0.39, 0.29) is 0 Å². The minimum absolute atomic E-state index is 0.307. The van der Waals surface area contributed by atoms with Crippen molar-refractivity contribution in [3.63, 3.8) is 0 Å². The van der Waals surface area contributed by atoms with Gasteiger partial charge in [0.15, 0.2) is 0 Å². The van der Waals surface area contributed by atoms with E-state index >= 15 is 0 Å². The van der Waals surface area contributed by atoms with E-state index in [0.717, 1.165) is 36.5 Å². The van der Waals surface area contributed by atoms with Crippen molar-refractivity contribution in [2.24, 2.45) is 35.0 Å². The lowest BCUT2D eigenvalue weighted by Gasteiger charge is -2.54. The quantitative estimate of drug-likeness (QED) is 0.721. The zero-order chi connectivity index (χ0) is 12.9. The maximum absolute atomic E-state index is 12.6. The molecule has 0 aromatic carbocycles. The number of carbonyl (C=O) groups is 1. The molecule has 4 saturated carbocycles. The van der Waals surface area contributed by atoms with Crippen molar-refractivity contribution < 1.29 is 4.79 Å². The topological polar surface area (TPSA) is 17.1 Å². The molecule has 0 spiro atoms. The van der Waals surface area contributed by atoms with Gasteiger partial charge < -0.3 is 0 Å². The summed E-state index contributed by atoms with van der Waals surface area (Å²) in [5, 5.41) is 0. The van der Waals surface area contributed by atoms with Gasteiger partial charge in [0.05, 0.1) is 0 Å². The van der Waals surface area contributed by atoms with Gasteiger partial charge in [-0.25, -0.2) is 0 Å². The molecule has 1 nitrogen and oxygen atoms in total. The fraction of sp³-hybridized carbons (Fsp3) is 0.941. The first-order valence-electron chi connectivity index (χ1n) is 7.95. The van der Waals surface area contributed by atoms with Gasteiger partial charge in [-0.15, -0.1) is 0 Å². The van der Waals surface area contributed by atoms with E-state index in [4.69, 9.17) is 0 Å². The first kappa shape index (κ1) is 12.7. The molecule has 4 fully saturated rings. The van der Waals surface area contributed by atoms with Crippen molar-refractivity contribution in [2.75, 3.05) is 0 Å². The first-order valence-corrected chi connectivity index (χ1v) is 7.95. The minimum Gasteiger partial charge on any atom is -0.299 e. The Bertz CT molecular complexity index is 308. The molecule has 0 unspecified atom stereocenters. The van der Waals surface area contributed by atoms with Gasteiger partial charge in [-0.2, -0.15) is 0 Å². The number of rotatable bonds is 3. The van der Waals surface area contributed by atoms with Crippen LogP contribution in [0.3, 0.4) is 0 Å². The molecule has 4 bridgehead atoms. The van der Waals surface area contributed by atoms with Gasteiger partial charge in [0, 0.05) is 12.3 Å². The molecular formula is C17H28O. The van der Waals surface area contributed by atoms with Gasteiger partial charge in [0.2, 0.25) is 0 Å². The SMILES string of the molecule is CC(C)(C)CCC(=O)C1C2CC3CC(C2)CC1C3. The van der Waals surface area contributed by atoms with Gasteiger partial charge in [0.1, 0.15) is 5.78 Å². The highest BCUT2D eigenvalue weighted by Gasteiger charge is 2.50. The van der Waals surface area contributed by atoms with Crippen LogP contribution in [0.4, 0.5) is 0 Å². The third kappa shape index (κ3) is 2.38. The molecule has 4 aliphatic rings. The maximum Gasteiger partial charge on any atom is 0.136 e. The second-order valence-electron chi connectivity index (χ2n) is 8.48. The molecule has 1 heteroatoms. The third-order valence-corrected chi connectivity index (χ3v) is 5.72. The fourth-order valence-electron chi connectivity index (χ4n) is 5.12. The van der Waals surface area contributed by atoms with E-state index in [1.54, 1.807) is 0 Å². The van der Waals surface area contributed by atoms with Crippen LogP contribution in [-0.4, -0.2) is 5.78 Å². The van der Waals surface area contributed by atoms with Crippen molar-refractivity contribution in [1.29, 1.82) is 0 Å². The molecular weight excluding hydrogens is 220 g/mol. The number of ketones is 1. The van der Waals surface area contributed by atoms with Crippen LogP contribution in [-0.2, 0) is 4.79 Å². The fourth-order valence-corrected chi connectivity index (χ4v) is 5.12. The van der Waals surface area contributed by atoms with Crippen LogP contribution in [0.25, 0.3) is 0 Å². The van der Waals surface area contributed by atoms with Gasteiger partial charge in [-0.05, 0) is 67.6 Å². The van der Waals surface area contributed by atoms with Crippen molar-refractivity contribution in [1.82, 2.24) is 0 Å². The lowest BCUT2D eigenvalue weighted by molar-refractivity contribution is -0.136. The van der Waals surface area contributed by atoms with Gasteiger partial charge in [-0.1, -0.05) is 20.8 Å². The van der Waals surface area contributed by atoms with E-state index in [9.17, 15) is 4.79 Å². The lowest BCUT2D eigenvalue weighted by atomic mass is 9.51. The van der Waals surface area contributed by atoms with Crippen LogP contribution in [0.2, 0.25) is 0 Å². The summed E-state index contributed by atoms with van der Waals surface area (Å²) in [6.45, 7) is 6.74. The van der Waals surface area contributed by atoms with E-state index in [2.05, 4.69) is 20.8 Å². The average Bonchev–Trinajstić information content (AvgIpc) is 2.23. The van der Waals surface area contributed by atoms with Crippen molar-refractivity contribution in [3.8, 4) is 0 Å². The maximum atomic E-state index is 12.6. The molecule has 0 saturated heterocycles. The molecule has 0 amide bonds. The van der Waals surface area contributed by atoms with Crippen LogP contribution >= 0.6 is 0 Å². The number of carbonyl (C=O) groups excluding carboxylic acids is 1. The van der Waals surface area contributed by atoms with Crippen LogP contribution < -0.4 is 0 Å². The summed E-state index contributed by atoms with van der Waals surface area (Å²) in [7, 11) is 0. The zero-order valence-electron chi connectivity index (χ0n) is 12.2. The van der Waals surface area contributed by atoms with Gasteiger partial charge >= 0.3 is 0 Å². The third-order valence-electron chi connectivity index (χ3n) is 5.72. The first-order chi connectivity index (χ1) is 8.42.